The molecule has 21 heavy (non-hydrogen) atoms. The zero-order valence-corrected chi connectivity index (χ0v) is 12.7. The van der Waals surface area contributed by atoms with Crippen LogP contribution >= 0.6 is 12.2 Å². The summed E-state index contributed by atoms with van der Waals surface area (Å²) in [7, 11) is 0. The first-order chi connectivity index (χ1) is 10.1. The number of carbonyl (C=O) groups is 1. The summed E-state index contributed by atoms with van der Waals surface area (Å²) in [6.07, 6.45) is 0.423. The van der Waals surface area contributed by atoms with Crippen molar-refractivity contribution in [1.29, 1.82) is 0 Å². The lowest BCUT2D eigenvalue weighted by Gasteiger charge is -2.20. The van der Waals surface area contributed by atoms with E-state index in [4.69, 9.17) is 21.7 Å². The number of rotatable bonds is 3. The zero-order chi connectivity index (χ0) is 14.8. The second kappa shape index (κ2) is 5.99. The average molecular weight is 306 g/mol. The van der Waals surface area contributed by atoms with Crippen LogP contribution in [-0.4, -0.2) is 36.9 Å². The Labute approximate surface area is 129 Å². The molecule has 6 heteroatoms. The molecule has 2 heterocycles. The van der Waals surface area contributed by atoms with Gasteiger partial charge in [-0.3, -0.25) is 4.90 Å². The van der Waals surface area contributed by atoms with Crippen LogP contribution in [0.25, 0.3) is 0 Å². The van der Waals surface area contributed by atoms with Crippen LogP contribution in [0.1, 0.15) is 18.1 Å². The Balaban J connectivity index is 1.72. The molecule has 0 bridgehead atoms. The van der Waals surface area contributed by atoms with Crippen LogP contribution < -0.4 is 10.2 Å². The lowest BCUT2D eigenvalue weighted by molar-refractivity contribution is 0.111. The molecule has 1 amide bonds. The van der Waals surface area contributed by atoms with E-state index in [9.17, 15) is 4.79 Å². The molecule has 0 saturated carbocycles. The number of thiocarbonyl (C=S) groups is 1. The van der Waals surface area contributed by atoms with Crippen molar-refractivity contribution < 1.29 is 14.3 Å². The van der Waals surface area contributed by atoms with Crippen molar-refractivity contribution in [3.63, 3.8) is 0 Å². The first kappa shape index (κ1) is 14.3. The van der Waals surface area contributed by atoms with Crippen LogP contribution in [-0.2, 0) is 22.5 Å². The highest BCUT2D eigenvalue weighted by Crippen LogP contribution is 2.26. The van der Waals surface area contributed by atoms with E-state index < -0.39 is 0 Å². The Morgan fingerprint density at radius 2 is 2.33 bits per heavy atom. The number of amides is 1. The summed E-state index contributed by atoms with van der Waals surface area (Å²) in [5.41, 5.74) is 3.34. The van der Waals surface area contributed by atoms with Gasteiger partial charge in [-0.25, -0.2) is 4.79 Å². The summed E-state index contributed by atoms with van der Waals surface area (Å²) in [5.74, 6) is 0. The van der Waals surface area contributed by atoms with E-state index >= 15 is 0 Å². The molecule has 1 saturated heterocycles. The van der Waals surface area contributed by atoms with Crippen molar-refractivity contribution in [2.75, 3.05) is 24.6 Å². The number of nitrogens with one attached hydrogen (secondary N) is 1. The van der Waals surface area contributed by atoms with Crippen molar-refractivity contribution in [3.8, 4) is 0 Å². The quantitative estimate of drug-likeness (QED) is 0.866. The molecule has 1 atom stereocenters. The molecule has 1 fully saturated rings. The topological polar surface area (TPSA) is 50.8 Å². The number of hydrogen-bond donors (Lipinski definition) is 1. The van der Waals surface area contributed by atoms with Gasteiger partial charge in [0.25, 0.3) is 0 Å². The third-order valence-corrected chi connectivity index (χ3v) is 3.87. The highest BCUT2D eigenvalue weighted by atomic mass is 32.1. The van der Waals surface area contributed by atoms with E-state index in [0.29, 0.717) is 24.7 Å². The van der Waals surface area contributed by atoms with Crippen molar-refractivity contribution in [2.45, 2.75) is 26.1 Å². The van der Waals surface area contributed by atoms with Gasteiger partial charge in [0.05, 0.1) is 31.3 Å². The third-order valence-electron chi connectivity index (χ3n) is 3.73. The van der Waals surface area contributed by atoms with Crippen LogP contribution in [0.2, 0.25) is 0 Å². The monoisotopic (exact) mass is 306 g/mol. The van der Waals surface area contributed by atoms with Gasteiger partial charge in [0.2, 0.25) is 0 Å². The maximum atomic E-state index is 12.0. The summed E-state index contributed by atoms with van der Waals surface area (Å²) >= 11 is 4.97. The summed E-state index contributed by atoms with van der Waals surface area (Å²) in [6.45, 7) is 4.30. The molecule has 0 spiro atoms. The van der Waals surface area contributed by atoms with Crippen LogP contribution in [0.15, 0.2) is 18.2 Å². The molecule has 5 nitrogen and oxygen atoms in total. The van der Waals surface area contributed by atoms with E-state index in [-0.39, 0.29) is 12.2 Å². The largest absolute Gasteiger partial charge is 0.442 e. The molecule has 1 aromatic rings. The highest BCUT2D eigenvalue weighted by molar-refractivity contribution is 7.80. The highest BCUT2D eigenvalue weighted by Gasteiger charge is 2.32. The van der Waals surface area contributed by atoms with E-state index in [1.807, 2.05) is 19.1 Å². The van der Waals surface area contributed by atoms with Gasteiger partial charge in [-0.15, -0.1) is 0 Å². The summed E-state index contributed by atoms with van der Waals surface area (Å²) in [4.78, 5) is 14.4. The normalized spacial score (nSPS) is 20.9. The zero-order valence-electron chi connectivity index (χ0n) is 11.9. The predicted molar refractivity (Wildman–Crippen MR) is 83.7 cm³/mol. The minimum Gasteiger partial charge on any atom is -0.442 e. The summed E-state index contributed by atoms with van der Waals surface area (Å²) < 4.78 is 10.8. The fourth-order valence-electron chi connectivity index (χ4n) is 2.61. The minimum absolute atomic E-state index is 0.172. The molecular weight excluding hydrogens is 288 g/mol. The molecular formula is C15H18N2O3S. The number of anilines is 1. The van der Waals surface area contributed by atoms with Gasteiger partial charge in [0.1, 0.15) is 6.10 Å². The average Bonchev–Trinajstić information content (AvgIpc) is 2.86. The van der Waals surface area contributed by atoms with Crippen molar-refractivity contribution in [1.82, 2.24) is 5.32 Å². The molecule has 0 aliphatic carbocycles. The number of hydrogen-bond acceptors (Lipinski definition) is 4. The number of fused-ring (bicyclic) bond motifs is 1. The van der Waals surface area contributed by atoms with Gasteiger partial charge in [-0.1, -0.05) is 18.3 Å². The van der Waals surface area contributed by atoms with Crippen LogP contribution in [0.5, 0.6) is 0 Å². The number of ether oxygens (including phenoxy) is 2. The standard InChI is InChI=1S/C15H18N2O3S/c1-10(21)16-7-14-8-17(15(18)20-14)13-3-2-12-9-19-5-4-11(12)6-13/h2-3,6,14H,4-5,7-9H2,1H3,(H,16,21)/t14-/m0/s1. The van der Waals surface area contributed by atoms with Crippen LogP contribution in [0.3, 0.4) is 0 Å². The lowest BCUT2D eigenvalue weighted by Crippen LogP contribution is -2.32. The van der Waals surface area contributed by atoms with Crippen molar-refractivity contribution >= 4 is 29.0 Å². The Hall–Kier alpha value is -1.66. The van der Waals surface area contributed by atoms with Crippen LogP contribution in [0, 0.1) is 0 Å². The SMILES string of the molecule is CC(=S)NC[C@H]1CN(c2ccc3c(c2)CCOC3)C(=O)O1. The molecule has 0 radical (unpaired) electrons. The number of nitrogens with zero attached hydrogens (tertiary/aromatic N) is 1. The second-order valence-corrected chi connectivity index (χ2v) is 5.92. The molecule has 3 rings (SSSR count). The maximum Gasteiger partial charge on any atom is 0.414 e. The first-order valence-corrected chi connectivity index (χ1v) is 7.46. The second-order valence-electron chi connectivity index (χ2n) is 5.31. The van der Waals surface area contributed by atoms with Gasteiger partial charge in [0.15, 0.2) is 0 Å². The van der Waals surface area contributed by atoms with Crippen LogP contribution in [0.4, 0.5) is 10.5 Å². The maximum absolute atomic E-state index is 12.0. The molecule has 0 unspecified atom stereocenters. The minimum atomic E-state index is -0.296. The van der Waals surface area contributed by atoms with Gasteiger partial charge in [0, 0.05) is 5.69 Å². The molecule has 2 aliphatic rings. The molecule has 2 aliphatic heterocycles. The van der Waals surface area contributed by atoms with Gasteiger partial charge >= 0.3 is 6.09 Å². The van der Waals surface area contributed by atoms with E-state index in [2.05, 4.69) is 11.4 Å². The Morgan fingerprint density at radius 3 is 3.14 bits per heavy atom. The fraction of sp³-hybridized carbons (Fsp3) is 0.467. The Bertz CT molecular complexity index is 576. The summed E-state index contributed by atoms with van der Waals surface area (Å²) in [5, 5.41) is 3.04. The molecule has 1 aromatic carbocycles. The predicted octanol–water partition coefficient (Wildman–Crippen LogP) is 2.02. The smallest absolute Gasteiger partial charge is 0.414 e. The number of carbonyl (C=O) groups excluding carboxylic acids is 1. The summed E-state index contributed by atoms with van der Waals surface area (Å²) in [6, 6.07) is 6.05. The number of cyclic esters (lactones) is 1. The van der Waals surface area contributed by atoms with E-state index in [1.54, 1.807) is 4.90 Å². The fourth-order valence-corrected chi connectivity index (χ4v) is 2.70. The van der Waals surface area contributed by atoms with Crippen molar-refractivity contribution in [3.05, 3.63) is 29.3 Å². The van der Waals surface area contributed by atoms with Gasteiger partial charge < -0.3 is 14.8 Å². The van der Waals surface area contributed by atoms with E-state index in [0.717, 1.165) is 18.7 Å². The number of benzene rings is 1. The van der Waals surface area contributed by atoms with Crippen molar-refractivity contribution in [2.24, 2.45) is 0 Å². The molecule has 1 N–H and O–H groups in total. The van der Waals surface area contributed by atoms with Gasteiger partial charge in [-0.2, -0.15) is 0 Å². The van der Waals surface area contributed by atoms with E-state index in [1.165, 1.54) is 11.1 Å². The molecule has 112 valence electrons. The Morgan fingerprint density at radius 1 is 1.48 bits per heavy atom. The first-order valence-electron chi connectivity index (χ1n) is 7.05. The van der Waals surface area contributed by atoms with Gasteiger partial charge in [-0.05, 0) is 36.6 Å². The Kier molecular flexibility index (Phi) is 4.07. The third kappa shape index (κ3) is 3.16. The molecule has 0 aromatic heterocycles. The lowest BCUT2D eigenvalue weighted by atomic mass is 10.0.